The molecule has 2 rings (SSSR count). The highest BCUT2D eigenvalue weighted by Crippen LogP contribution is 2.25. The van der Waals surface area contributed by atoms with Crippen molar-refractivity contribution in [2.24, 2.45) is 0 Å². The van der Waals surface area contributed by atoms with Crippen LogP contribution in [0.1, 0.15) is 5.56 Å². The summed E-state index contributed by atoms with van der Waals surface area (Å²) in [7, 11) is 0. The highest BCUT2D eigenvalue weighted by atomic mass is 79.9. The summed E-state index contributed by atoms with van der Waals surface area (Å²) >= 11 is 9.26. The number of rotatable bonds is 3. The fourth-order valence-corrected chi connectivity index (χ4v) is 2.13. The molecule has 0 fully saturated rings. The summed E-state index contributed by atoms with van der Waals surface area (Å²) in [6.07, 6.45) is -0.0322. The van der Waals surface area contributed by atoms with Crippen molar-refractivity contribution in [3.63, 3.8) is 0 Å². The lowest BCUT2D eigenvalue weighted by molar-refractivity contribution is -0.115. The van der Waals surface area contributed by atoms with Crippen molar-refractivity contribution in [2.75, 3.05) is 5.32 Å². The Bertz CT molecular complexity index is 618. The molecule has 0 atom stereocenters. The van der Waals surface area contributed by atoms with Gasteiger partial charge in [0, 0.05) is 4.47 Å². The second-order valence-corrected chi connectivity index (χ2v) is 5.26. The average Bonchev–Trinajstić information content (AvgIpc) is 2.37. The molecular formula is C14H10BrClFNO. The predicted octanol–water partition coefficient (Wildman–Crippen LogP) is 4.42. The van der Waals surface area contributed by atoms with E-state index >= 15 is 0 Å². The first-order valence-corrected chi connectivity index (χ1v) is 6.71. The van der Waals surface area contributed by atoms with Gasteiger partial charge in [0.05, 0.1) is 17.1 Å². The van der Waals surface area contributed by atoms with Crippen LogP contribution in [-0.2, 0) is 11.2 Å². The van der Waals surface area contributed by atoms with Gasteiger partial charge in [-0.2, -0.15) is 0 Å². The van der Waals surface area contributed by atoms with Crippen LogP contribution in [0.3, 0.4) is 0 Å². The molecule has 1 N–H and O–H groups in total. The van der Waals surface area contributed by atoms with Gasteiger partial charge < -0.3 is 5.32 Å². The van der Waals surface area contributed by atoms with Gasteiger partial charge in [0.2, 0.25) is 5.91 Å². The molecule has 0 heterocycles. The number of carbonyl (C=O) groups is 1. The maximum atomic E-state index is 13.4. The molecule has 0 saturated heterocycles. The number of hydrogen-bond donors (Lipinski definition) is 1. The lowest BCUT2D eigenvalue weighted by atomic mass is 10.1. The van der Waals surface area contributed by atoms with Crippen molar-refractivity contribution in [1.82, 2.24) is 0 Å². The molecule has 2 aromatic rings. The minimum atomic E-state index is -0.391. The fraction of sp³-hybridized carbons (Fsp3) is 0.0714. The Morgan fingerprint density at radius 3 is 2.74 bits per heavy atom. The van der Waals surface area contributed by atoms with Gasteiger partial charge in [-0.3, -0.25) is 4.79 Å². The van der Waals surface area contributed by atoms with Crippen molar-refractivity contribution in [3.05, 3.63) is 63.3 Å². The summed E-state index contributed by atoms with van der Waals surface area (Å²) in [6.45, 7) is 0. The molecule has 19 heavy (non-hydrogen) atoms. The van der Waals surface area contributed by atoms with Crippen molar-refractivity contribution in [3.8, 4) is 0 Å². The van der Waals surface area contributed by atoms with Crippen molar-refractivity contribution in [1.29, 1.82) is 0 Å². The SMILES string of the molecule is O=C(Cc1ccccc1F)Nc1cc(Br)ccc1Cl. The molecule has 0 aromatic heterocycles. The van der Waals surface area contributed by atoms with E-state index in [0.29, 0.717) is 16.3 Å². The number of nitrogens with one attached hydrogen (secondary N) is 1. The summed E-state index contributed by atoms with van der Waals surface area (Å²) in [5, 5.41) is 3.09. The number of carbonyl (C=O) groups excluding carboxylic acids is 1. The molecule has 0 aliphatic rings. The first-order chi connectivity index (χ1) is 9.06. The third-order valence-corrected chi connectivity index (χ3v) is 3.33. The normalized spacial score (nSPS) is 10.3. The zero-order valence-corrected chi connectivity index (χ0v) is 12.1. The van der Waals surface area contributed by atoms with Gasteiger partial charge in [-0.15, -0.1) is 0 Å². The summed E-state index contributed by atoms with van der Waals surface area (Å²) in [4.78, 5) is 11.8. The predicted molar refractivity (Wildman–Crippen MR) is 77.9 cm³/mol. The van der Waals surface area contributed by atoms with E-state index in [-0.39, 0.29) is 12.3 Å². The van der Waals surface area contributed by atoms with Crippen molar-refractivity contribution < 1.29 is 9.18 Å². The molecule has 0 bridgehead atoms. The minimum absolute atomic E-state index is 0.0322. The molecule has 2 aromatic carbocycles. The number of benzene rings is 2. The molecule has 1 amide bonds. The molecule has 2 nitrogen and oxygen atoms in total. The number of halogens is 3. The first-order valence-electron chi connectivity index (χ1n) is 5.54. The summed E-state index contributed by atoms with van der Waals surface area (Å²) in [6, 6.07) is 11.3. The van der Waals surface area contributed by atoms with Crippen LogP contribution in [0.15, 0.2) is 46.9 Å². The van der Waals surface area contributed by atoms with Gasteiger partial charge in [0.1, 0.15) is 5.82 Å². The Labute approximate surface area is 123 Å². The lowest BCUT2D eigenvalue weighted by Gasteiger charge is -2.08. The van der Waals surface area contributed by atoms with Crippen molar-refractivity contribution >= 4 is 39.1 Å². The van der Waals surface area contributed by atoms with Gasteiger partial charge in [-0.25, -0.2) is 4.39 Å². The molecule has 0 unspecified atom stereocenters. The molecule has 0 saturated carbocycles. The van der Waals surface area contributed by atoms with E-state index < -0.39 is 5.82 Å². The highest BCUT2D eigenvalue weighted by Gasteiger charge is 2.10. The van der Waals surface area contributed by atoms with E-state index in [4.69, 9.17) is 11.6 Å². The van der Waals surface area contributed by atoms with Crippen LogP contribution < -0.4 is 5.32 Å². The summed E-state index contributed by atoms with van der Waals surface area (Å²) < 4.78 is 14.2. The second-order valence-electron chi connectivity index (χ2n) is 3.94. The Morgan fingerprint density at radius 1 is 1.26 bits per heavy atom. The summed E-state index contributed by atoms with van der Waals surface area (Å²) in [5.41, 5.74) is 0.850. The van der Waals surface area contributed by atoms with E-state index in [1.165, 1.54) is 6.07 Å². The van der Waals surface area contributed by atoms with E-state index in [1.807, 2.05) is 0 Å². The minimum Gasteiger partial charge on any atom is -0.324 e. The Kier molecular flexibility index (Phi) is 4.56. The van der Waals surface area contributed by atoms with E-state index in [0.717, 1.165) is 4.47 Å². The second kappa shape index (κ2) is 6.17. The van der Waals surface area contributed by atoms with Crippen LogP contribution in [0.25, 0.3) is 0 Å². The smallest absolute Gasteiger partial charge is 0.228 e. The van der Waals surface area contributed by atoms with Gasteiger partial charge in [-0.05, 0) is 29.8 Å². The zero-order valence-electron chi connectivity index (χ0n) is 9.79. The highest BCUT2D eigenvalue weighted by molar-refractivity contribution is 9.10. The topological polar surface area (TPSA) is 29.1 Å². The number of hydrogen-bond acceptors (Lipinski definition) is 1. The van der Waals surface area contributed by atoms with Crippen LogP contribution in [0.2, 0.25) is 5.02 Å². The standard InChI is InChI=1S/C14H10BrClFNO/c15-10-5-6-11(16)13(8-10)18-14(19)7-9-3-1-2-4-12(9)17/h1-6,8H,7H2,(H,18,19). The van der Waals surface area contributed by atoms with Gasteiger partial charge in [0.15, 0.2) is 0 Å². The van der Waals surface area contributed by atoms with Gasteiger partial charge >= 0.3 is 0 Å². The third kappa shape index (κ3) is 3.78. The maximum absolute atomic E-state index is 13.4. The van der Waals surface area contributed by atoms with Crippen LogP contribution >= 0.6 is 27.5 Å². The first kappa shape index (κ1) is 14.0. The number of amides is 1. The lowest BCUT2D eigenvalue weighted by Crippen LogP contribution is -2.15. The molecule has 0 aliphatic heterocycles. The van der Waals surface area contributed by atoms with Gasteiger partial charge in [0.25, 0.3) is 0 Å². The van der Waals surface area contributed by atoms with E-state index in [9.17, 15) is 9.18 Å². The van der Waals surface area contributed by atoms with E-state index in [1.54, 1.807) is 36.4 Å². The third-order valence-electron chi connectivity index (χ3n) is 2.51. The molecule has 0 radical (unpaired) electrons. The van der Waals surface area contributed by atoms with Crippen molar-refractivity contribution in [2.45, 2.75) is 6.42 Å². The molecule has 0 aliphatic carbocycles. The van der Waals surface area contributed by atoms with Crippen LogP contribution in [0, 0.1) is 5.82 Å². The maximum Gasteiger partial charge on any atom is 0.228 e. The Morgan fingerprint density at radius 2 is 2.00 bits per heavy atom. The number of anilines is 1. The van der Waals surface area contributed by atoms with Crippen LogP contribution in [-0.4, -0.2) is 5.91 Å². The average molecular weight is 343 g/mol. The Hall–Kier alpha value is -1.39. The fourth-order valence-electron chi connectivity index (χ4n) is 1.60. The zero-order chi connectivity index (χ0) is 13.8. The van der Waals surface area contributed by atoms with E-state index in [2.05, 4.69) is 21.2 Å². The quantitative estimate of drug-likeness (QED) is 0.879. The largest absolute Gasteiger partial charge is 0.324 e. The molecule has 0 spiro atoms. The Balaban J connectivity index is 2.10. The van der Waals surface area contributed by atoms with Crippen LogP contribution in [0.5, 0.6) is 0 Å². The van der Waals surface area contributed by atoms with Gasteiger partial charge in [-0.1, -0.05) is 45.7 Å². The monoisotopic (exact) mass is 341 g/mol. The molecular weight excluding hydrogens is 333 g/mol. The molecule has 5 heteroatoms. The molecule has 98 valence electrons. The van der Waals surface area contributed by atoms with Crippen LogP contribution in [0.4, 0.5) is 10.1 Å². The summed E-state index contributed by atoms with van der Waals surface area (Å²) in [5.74, 6) is -0.705.